The van der Waals surface area contributed by atoms with Gasteiger partial charge in [-0.2, -0.15) is 13.2 Å². The summed E-state index contributed by atoms with van der Waals surface area (Å²) >= 11 is 0. The van der Waals surface area contributed by atoms with Crippen LogP contribution in [-0.2, 0) is 6.18 Å². The number of hydrogen-bond acceptors (Lipinski definition) is 1. The molecule has 4 heteroatoms. The third-order valence-corrected chi connectivity index (χ3v) is 2.83. The van der Waals surface area contributed by atoms with Crippen LogP contribution in [0.15, 0.2) is 48.5 Å². The van der Waals surface area contributed by atoms with E-state index in [-0.39, 0.29) is 5.78 Å². The highest BCUT2D eigenvalue weighted by molar-refractivity contribution is 6.00. The molecule has 0 bridgehead atoms. The Morgan fingerprint density at radius 2 is 1.45 bits per heavy atom. The number of benzene rings is 2. The lowest BCUT2D eigenvalue weighted by Gasteiger charge is -2.10. The molecular weight excluding hydrogens is 289 g/mol. The molecule has 0 N–H and O–H groups in total. The van der Waals surface area contributed by atoms with E-state index in [0.29, 0.717) is 16.7 Å². The van der Waals surface area contributed by atoms with E-state index < -0.39 is 11.7 Å². The monoisotopic (exact) mass is 308 g/mol. The molecular formula is C18H19F3O. The van der Waals surface area contributed by atoms with E-state index in [9.17, 15) is 18.0 Å². The molecule has 0 heterocycles. The fraction of sp³-hybridized carbons (Fsp3) is 0.278. The first-order chi connectivity index (χ1) is 10.3. The molecule has 0 unspecified atom stereocenters. The van der Waals surface area contributed by atoms with Crippen molar-refractivity contribution >= 4 is 5.78 Å². The first kappa shape index (κ1) is 18.0. The highest BCUT2D eigenvalue weighted by atomic mass is 19.4. The molecule has 1 nitrogen and oxygen atoms in total. The Balaban J connectivity index is 0.000000745. The average molecular weight is 308 g/mol. The van der Waals surface area contributed by atoms with Crippen LogP contribution >= 0.6 is 0 Å². The van der Waals surface area contributed by atoms with E-state index in [1.165, 1.54) is 25.5 Å². The molecule has 2 aromatic carbocycles. The summed E-state index contributed by atoms with van der Waals surface area (Å²) in [5.41, 5.74) is 1.04. The van der Waals surface area contributed by atoms with Gasteiger partial charge in [-0.3, -0.25) is 4.79 Å². The molecule has 22 heavy (non-hydrogen) atoms. The summed E-state index contributed by atoms with van der Waals surface area (Å²) in [6.45, 7) is 5.68. The number of halogens is 3. The fourth-order valence-corrected chi connectivity index (χ4v) is 1.88. The Morgan fingerprint density at radius 1 is 0.955 bits per heavy atom. The molecule has 2 aromatic rings. The molecule has 0 saturated heterocycles. The zero-order chi connectivity index (χ0) is 16.8. The van der Waals surface area contributed by atoms with Crippen LogP contribution in [0, 0.1) is 0 Å². The van der Waals surface area contributed by atoms with Gasteiger partial charge in [0.2, 0.25) is 0 Å². The van der Waals surface area contributed by atoms with Gasteiger partial charge < -0.3 is 0 Å². The van der Waals surface area contributed by atoms with Gasteiger partial charge >= 0.3 is 6.18 Å². The van der Waals surface area contributed by atoms with Gasteiger partial charge in [0, 0.05) is 5.56 Å². The summed E-state index contributed by atoms with van der Waals surface area (Å²) in [5.74, 6) is -0.115. The van der Waals surface area contributed by atoms with Gasteiger partial charge in [-0.1, -0.05) is 56.7 Å². The van der Waals surface area contributed by atoms with Crippen molar-refractivity contribution in [3.05, 3.63) is 59.7 Å². The van der Waals surface area contributed by atoms with Crippen molar-refractivity contribution in [3.8, 4) is 11.1 Å². The molecule has 118 valence electrons. The van der Waals surface area contributed by atoms with Gasteiger partial charge in [-0.15, -0.1) is 0 Å². The third-order valence-electron chi connectivity index (χ3n) is 2.83. The minimum absolute atomic E-state index is 0.115. The van der Waals surface area contributed by atoms with Crippen LogP contribution in [0.25, 0.3) is 11.1 Å². The topological polar surface area (TPSA) is 17.1 Å². The van der Waals surface area contributed by atoms with Gasteiger partial charge in [0.05, 0.1) is 5.56 Å². The van der Waals surface area contributed by atoms with Crippen LogP contribution in [0.4, 0.5) is 13.2 Å². The molecule has 0 spiro atoms. The van der Waals surface area contributed by atoms with Gasteiger partial charge in [-0.25, -0.2) is 0 Å². The van der Waals surface area contributed by atoms with E-state index in [2.05, 4.69) is 13.8 Å². The maximum absolute atomic E-state index is 12.5. The van der Waals surface area contributed by atoms with E-state index >= 15 is 0 Å². The molecule has 2 rings (SSSR count). The van der Waals surface area contributed by atoms with Crippen molar-refractivity contribution in [1.29, 1.82) is 0 Å². The summed E-state index contributed by atoms with van der Waals surface area (Å²) in [5, 5.41) is 0. The summed E-state index contributed by atoms with van der Waals surface area (Å²) in [6, 6.07) is 11.7. The second-order valence-electron chi connectivity index (χ2n) is 4.88. The number of alkyl halides is 3. The van der Waals surface area contributed by atoms with Crippen molar-refractivity contribution in [2.75, 3.05) is 0 Å². The number of carbonyl (C=O) groups excluding carboxylic acids is 1. The fourth-order valence-electron chi connectivity index (χ4n) is 1.88. The van der Waals surface area contributed by atoms with Gasteiger partial charge in [-0.05, 0) is 30.2 Å². The Morgan fingerprint density at radius 3 is 1.91 bits per heavy atom. The Bertz CT molecular complexity index is 613. The lowest BCUT2D eigenvalue weighted by molar-refractivity contribution is -0.137. The van der Waals surface area contributed by atoms with Crippen LogP contribution in [0.3, 0.4) is 0 Å². The van der Waals surface area contributed by atoms with Crippen molar-refractivity contribution < 1.29 is 18.0 Å². The molecule has 0 fully saturated rings. The zero-order valence-corrected chi connectivity index (χ0v) is 12.9. The largest absolute Gasteiger partial charge is 0.416 e. The van der Waals surface area contributed by atoms with E-state index in [4.69, 9.17) is 0 Å². The van der Waals surface area contributed by atoms with Crippen LogP contribution in [-0.4, -0.2) is 5.78 Å². The standard InChI is InChI=1S/C15H11F3O.C3H8/c1-10(19)13-4-2-3-5-14(13)11-6-8-12(9-7-11)15(16,17)18;1-3-2/h2-9H,1H3;3H2,1-2H3. The Labute approximate surface area is 128 Å². The van der Waals surface area contributed by atoms with Crippen LogP contribution in [0.2, 0.25) is 0 Å². The quantitative estimate of drug-likeness (QED) is 0.623. The summed E-state index contributed by atoms with van der Waals surface area (Å²) in [7, 11) is 0. The number of carbonyl (C=O) groups is 1. The second-order valence-corrected chi connectivity index (χ2v) is 4.88. The van der Waals surface area contributed by atoms with Crippen LogP contribution < -0.4 is 0 Å². The maximum atomic E-state index is 12.5. The van der Waals surface area contributed by atoms with E-state index in [0.717, 1.165) is 12.1 Å². The van der Waals surface area contributed by atoms with E-state index in [1.54, 1.807) is 24.3 Å². The van der Waals surface area contributed by atoms with Gasteiger partial charge in [0.25, 0.3) is 0 Å². The maximum Gasteiger partial charge on any atom is 0.416 e. The molecule has 0 aliphatic rings. The van der Waals surface area contributed by atoms with Crippen LogP contribution in [0.5, 0.6) is 0 Å². The summed E-state index contributed by atoms with van der Waals surface area (Å²) < 4.78 is 37.4. The first-order valence-electron chi connectivity index (χ1n) is 7.08. The summed E-state index contributed by atoms with van der Waals surface area (Å²) in [4.78, 5) is 11.5. The normalized spacial score (nSPS) is 10.6. The molecule has 0 atom stereocenters. The lowest BCUT2D eigenvalue weighted by atomic mass is 9.97. The van der Waals surface area contributed by atoms with Crippen molar-refractivity contribution in [2.24, 2.45) is 0 Å². The second kappa shape index (κ2) is 7.78. The predicted molar refractivity (Wildman–Crippen MR) is 82.8 cm³/mol. The number of hydrogen-bond donors (Lipinski definition) is 0. The predicted octanol–water partition coefficient (Wildman–Crippen LogP) is 5.99. The van der Waals surface area contributed by atoms with Crippen LogP contribution in [0.1, 0.15) is 43.1 Å². The van der Waals surface area contributed by atoms with E-state index in [1.807, 2.05) is 0 Å². The molecule has 0 saturated carbocycles. The van der Waals surface area contributed by atoms with Gasteiger partial charge in [0.15, 0.2) is 5.78 Å². The van der Waals surface area contributed by atoms with Gasteiger partial charge in [0.1, 0.15) is 0 Å². The minimum Gasteiger partial charge on any atom is -0.294 e. The number of rotatable bonds is 2. The third kappa shape index (κ3) is 4.72. The Hall–Kier alpha value is -2.10. The number of Topliss-reactive ketones (excluding diaryl/α,β-unsaturated/α-hetero) is 1. The zero-order valence-electron chi connectivity index (χ0n) is 12.9. The lowest BCUT2D eigenvalue weighted by Crippen LogP contribution is -2.04. The first-order valence-corrected chi connectivity index (χ1v) is 7.08. The number of ketones is 1. The molecule has 0 aromatic heterocycles. The SMILES string of the molecule is CC(=O)c1ccccc1-c1ccc(C(F)(F)F)cc1.CCC. The van der Waals surface area contributed by atoms with Crippen molar-refractivity contribution in [1.82, 2.24) is 0 Å². The average Bonchev–Trinajstić information content (AvgIpc) is 2.47. The smallest absolute Gasteiger partial charge is 0.294 e. The highest BCUT2D eigenvalue weighted by Gasteiger charge is 2.30. The Kier molecular flexibility index (Phi) is 6.35. The minimum atomic E-state index is -4.35. The van der Waals surface area contributed by atoms with Crippen molar-refractivity contribution in [3.63, 3.8) is 0 Å². The molecule has 0 amide bonds. The van der Waals surface area contributed by atoms with Crippen molar-refractivity contribution in [2.45, 2.75) is 33.4 Å². The molecule has 0 radical (unpaired) electrons. The molecule has 0 aliphatic heterocycles. The highest BCUT2D eigenvalue weighted by Crippen LogP contribution is 2.31. The molecule has 0 aliphatic carbocycles. The summed E-state index contributed by atoms with van der Waals surface area (Å²) in [6.07, 6.45) is -3.10.